The zero-order valence-corrected chi connectivity index (χ0v) is 15.8. The zero-order chi connectivity index (χ0) is 17.1. The Labute approximate surface area is 143 Å². The van der Waals surface area contributed by atoms with Gasteiger partial charge >= 0.3 is 5.97 Å². The highest BCUT2D eigenvalue weighted by atomic mass is 32.5. The number of anilines is 1. The standard InChI is InChI=1S/C16H26NO4PS/c1-4-10-19-16(18)14-8-7-9-15(13-14)17-22(23,20-11-5-2)21-12-6-3/h7-9,13H,4-6,10-12H2,1-3H3,(H,17,23). The molecule has 0 saturated carbocycles. The predicted octanol–water partition coefficient (Wildman–Crippen LogP) is 4.74. The molecule has 1 aromatic carbocycles. The van der Waals surface area contributed by atoms with Gasteiger partial charge < -0.3 is 18.9 Å². The summed E-state index contributed by atoms with van der Waals surface area (Å²) < 4.78 is 16.6. The Morgan fingerprint density at radius 1 is 1.09 bits per heavy atom. The molecule has 5 nitrogen and oxygen atoms in total. The van der Waals surface area contributed by atoms with Crippen molar-refractivity contribution in [3.8, 4) is 0 Å². The number of esters is 1. The highest BCUT2D eigenvalue weighted by molar-refractivity contribution is 8.10. The molecule has 0 unspecified atom stereocenters. The number of nitrogens with one attached hydrogen (secondary N) is 1. The Kier molecular flexibility index (Phi) is 9.41. The van der Waals surface area contributed by atoms with E-state index in [0.717, 1.165) is 19.3 Å². The van der Waals surface area contributed by atoms with Crippen LogP contribution in [0.25, 0.3) is 0 Å². The van der Waals surface area contributed by atoms with Gasteiger partial charge in [-0.3, -0.25) is 0 Å². The van der Waals surface area contributed by atoms with Crippen LogP contribution in [0.2, 0.25) is 0 Å². The van der Waals surface area contributed by atoms with Crippen LogP contribution in [0.15, 0.2) is 24.3 Å². The van der Waals surface area contributed by atoms with Gasteiger partial charge in [0.15, 0.2) is 0 Å². The lowest BCUT2D eigenvalue weighted by Crippen LogP contribution is -2.08. The number of hydrogen-bond acceptors (Lipinski definition) is 5. The highest BCUT2D eigenvalue weighted by Gasteiger charge is 2.19. The summed E-state index contributed by atoms with van der Waals surface area (Å²) in [6.45, 7) is 4.86. The van der Waals surface area contributed by atoms with Crippen molar-refractivity contribution in [2.45, 2.75) is 40.0 Å². The molecule has 0 amide bonds. The molecule has 0 fully saturated rings. The Morgan fingerprint density at radius 2 is 1.70 bits per heavy atom. The summed E-state index contributed by atoms with van der Waals surface area (Å²) in [7, 11) is 0. The second kappa shape index (κ2) is 10.8. The van der Waals surface area contributed by atoms with E-state index in [1.165, 1.54) is 0 Å². The molecule has 0 radical (unpaired) electrons. The van der Waals surface area contributed by atoms with E-state index >= 15 is 0 Å². The van der Waals surface area contributed by atoms with E-state index in [4.69, 9.17) is 25.6 Å². The van der Waals surface area contributed by atoms with Gasteiger partial charge in [-0.15, -0.1) is 0 Å². The van der Waals surface area contributed by atoms with E-state index in [2.05, 4.69) is 5.09 Å². The number of ether oxygens (including phenoxy) is 1. The second-order valence-electron chi connectivity index (χ2n) is 4.99. The molecule has 0 aliphatic rings. The molecule has 0 heterocycles. The first-order chi connectivity index (χ1) is 11.0. The van der Waals surface area contributed by atoms with Gasteiger partial charge in [0.2, 0.25) is 0 Å². The van der Waals surface area contributed by atoms with E-state index in [1.54, 1.807) is 18.2 Å². The molecule has 0 spiro atoms. The van der Waals surface area contributed by atoms with E-state index in [1.807, 2.05) is 26.8 Å². The van der Waals surface area contributed by atoms with Gasteiger partial charge in [0, 0.05) is 5.69 Å². The van der Waals surface area contributed by atoms with Crippen molar-refractivity contribution in [2.75, 3.05) is 24.9 Å². The summed E-state index contributed by atoms with van der Waals surface area (Å²) >= 11 is 5.53. The van der Waals surface area contributed by atoms with Crippen molar-refractivity contribution in [1.82, 2.24) is 0 Å². The molecule has 1 aromatic rings. The van der Waals surface area contributed by atoms with Crippen LogP contribution in [-0.2, 0) is 25.6 Å². The number of carbonyl (C=O) groups is 1. The molecular weight excluding hydrogens is 333 g/mol. The lowest BCUT2D eigenvalue weighted by atomic mass is 10.2. The predicted molar refractivity (Wildman–Crippen MR) is 97.4 cm³/mol. The fourth-order valence-corrected chi connectivity index (χ4v) is 3.94. The summed E-state index contributed by atoms with van der Waals surface area (Å²) in [5.41, 5.74) is 1.18. The zero-order valence-electron chi connectivity index (χ0n) is 14.0. The van der Waals surface area contributed by atoms with Gasteiger partial charge in [0.1, 0.15) is 0 Å². The number of rotatable bonds is 11. The van der Waals surface area contributed by atoms with Crippen molar-refractivity contribution in [3.05, 3.63) is 29.8 Å². The molecule has 7 heteroatoms. The molecule has 23 heavy (non-hydrogen) atoms. The van der Waals surface area contributed by atoms with Crippen LogP contribution in [-0.4, -0.2) is 25.8 Å². The molecular formula is C16H26NO4PS. The third-order valence-electron chi connectivity index (χ3n) is 2.73. The van der Waals surface area contributed by atoms with Crippen molar-refractivity contribution in [3.63, 3.8) is 0 Å². The van der Waals surface area contributed by atoms with Crippen LogP contribution in [0.3, 0.4) is 0 Å². The average Bonchev–Trinajstić information content (AvgIpc) is 2.56. The van der Waals surface area contributed by atoms with Crippen molar-refractivity contribution >= 4 is 30.1 Å². The first kappa shape index (κ1) is 20.1. The topological polar surface area (TPSA) is 56.8 Å². The molecule has 0 atom stereocenters. The summed E-state index contributed by atoms with van der Waals surface area (Å²) in [6, 6.07) is 7.04. The Balaban J connectivity index is 2.83. The maximum Gasteiger partial charge on any atom is 0.338 e. The molecule has 1 N–H and O–H groups in total. The van der Waals surface area contributed by atoms with Crippen LogP contribution >= 0.6 is 6.64 Å². The first-order valence-electron chi connectivity index (χ1n) is 7.99. The average molecular weight is 359 g/mol. The highest BCUT2D eigenvalue weighted by Crippen LogP contribution is 2.48. The van der Waals surface area contributed by atoms with Gasteiger partial charge in [-0.2, -0.15) is 0 Å². The fraction of sp³-hybridized carbons (Fsp3) is 0.562. The smallest absolute Gasteiger partial charge is 0.338 e. The maximum absolute atomic E-state index is 11.9. The van der Waals surface area contributed by atoms with E-state index in [9.17, 15) is 4.79 Å². The fourth-order valence-electron chi connectivity index (χ4n) is 1.68. The van der Waals surface area contributed by atoms with Crippen molar-refractivity contribution in [2.24, 2.45) is 0 Å². The number of benzene rings is 1. The Bertz CT molecular complexity index is 527. The van der Waals surface area contributed by atoms with Crippen molar-refractivity contribution < 1.29 is 18.6 Å². The Morgan fingerprint density at radius 3 is 2.26 bits per heavy atom. The maximum atomic E-state index is 11.9. The van der Waals surface area contributed by atoms with Crippen LogP contribution in [0.5, 0.6) is 0 Å². The van der Waals surface area contributed by atoms with Crippen LogP contribution in [0.4, 0.5) is 5.69 Å². The molecule has 0 saturated heterocycles. The molecule has 0 aliphatic heterocycles. The molecule has 0 aromatic heterocycles. The largest absolute Gasteiger partial charge is 0.462 e. The summed E-state index contributed by atoms with van der Waals surface area (Å²) in [6.07, 6.45) is 2.51. The first-order valence-corrected chi connectivity index (χ1v) is 10.6. The van der Waals surface area contributed by atoms with Crippen LogP contribution in [0.1, 0.15) is 50.4 Å². The molecule has 0 bridgehead atoms. The van der Waals surface area contributed by atoms with Gasteiger partial charge in [-0.1, -0.05) is 26.8 Å². The van der Waals surface area contributed by atoms with Gasteiger partial charge in [0.05, 0.1) is 25.4 Å². The minimum Gasteiger partial charge on any atom is -0.462 e. The minimum atomic E-state index is -2.61. The number of carbonyl (C=O) groups excluding carboxylic acids is 1. The van der Waals surface area contributed by atoms with Gasteiger partial charge in [-0.05, 0) is 49.3 Å². The van der Waals surface area contributed by atoms with E-state index in [-0.39, 0.29) is 5.97 Å². The van der Waals surface area contributed by atoms with Crippen LogP contribution < -0.4 is 5.09 Å². The molecule has 130 valence electrons. The van der Waals surface area contributed by atoms with Gasteiger partial charge in [0.25, 0.3) is 6.64 Å². The Hall–Kier alpha value is -0.940. The molecule has 1 rings (SSSR count). The summed E-state index contributed by atoms with van der Waals surface area (Å²) in [5, 5.41) is 3.15. The van der Waals surface area contributed by atoms with E-state index < -0.39 is 6.64 Å². The lowest BCUT2D eigenvalue weighted by molar-refractivity contribution is 0.0505. The normalized spacial score (nSPS) is 11.3. The lowest BCUT2D eigenvalue weighted by Gasteiger charge is -2.23. The van der Waals surface area contributed by atoms with E-state index in [0.29, 0.717) is 31.1 Å². The number of hydrogen-bond donors (Lipinski definition) is 1. The molecule has 0 aliphatic carbocycles. The monoisotopic (exact) mass is 359 g/mol. The summed E-state index contributed by atoms with van der Waals surface area (Å²) in [5.74, 6) is -0.340. The van der Waals surface area contributed by atoms with Gasteiger partial charge in [-0.25, -0.2) is 4.79 Å². The quantitative estimate of drug-likeness (QED) is 0.455. The third kappa shape index (κ3) is 7.44. The third-order valence-corrected chi connectivity index (χ3v) is 5.22. The SMILES string of the molecule is CCCOC(=O)c1cccc(NP(=S)(OCCC)OCCC)c1. The van der Waals surface area contributed by atoms with Crippen LogP contribution in [0, 0.1) is 0 Å². The second-order valence-corrected chi connectivity index (χ2v) is 8.17. The summed E-state index contributed by atoms with van der Waals surface area (Å²) in [4.78, 5) is 11.9. The van der Waals surface area contributed by atoms with Crippen molar-refractivity contribution in [1.29, 1.82) is 0 Å². The minimum absolute atomic E-state index is 0.340.